The molecule has 0 saturated heterocycles. The summed E-state index contributed by atoms with van der Waals surface area (Å²) in [4.78, 5) is 27.4. The zero-order valence-electron chi connectivity index (χ0n) is 10.9. The molecule has 0 atom stereocenters. The minimum absolute atomic E-state index is 0.0951. The smallest absolute Gasteiger partial charge is 0.339 e. The summed E-state index contributed by atoms with van der Waals surface area (Å²) in [6.45, 7) is 3.55. The first-order valence-corrected chi connectivity index (χ1v) is 6.57. The number of carboxylic acids is 1. The van der Waals surface area contributed by atoms with Gasteiger partial charge in [0.2, 0.25) is 0 Å². The summed E-state index contributed by atoms with van der Waals surface area (Å²) in [7, 11) is 0. The zero-order valence-corrected chi connectivity index (χ0v) is 11.7. The van der Waals surface area contributed by atoms with Crippen LogP contribution in [-0.2, 0) is 6.54 Å². The van der Waals surface area contributed by atoms with Crippen LogP contribution in [0.15, 0.2) is 16.7 Å². The first-order valence-electron chi connectivity index (χ1n) is 5.75. The summed E-state index contributed by atoms with van der Waals surface area (Å²) in [5.74, 6) is -0.365. The van der Waals surface area contributed by atoms with Gasteiger partial charge in [0.1, 0.15) is 17.1 Å². The number of anilines is 1. The molecule has 0 aromatic carbocycles. The van der Waals surface area contributed by atoms with E-state index in [0.717, 1.165) is 4.88 Å². The molecule has 0 unspecified atom stereocenters. The van der Waals surface area contributed by atoms with Crippen molar-refractivity contribution in [2.24, 2.45) is 0 Å². The number of nitrogens with one attached hydrogen (secondary N) is 2. The van der Waals surface area contributed by atoms with Gasteiger partial charge >= 0.3 is 12.0 Å². The lowest BCUT2D eigenvalue weighted by atomic mass is 10.2. The van der Waals surface area contributed by atoms with Crippen LogP contribution in [0.1, 0.15) is 26.8 Å². The van der Waals surface area contributed by atoms with Gasteiger partial charge in [-0.3, -0.25) is 5.32 Å². The maximum absolute atomic E-state index is 11.6. The summed E-state index contributed by atoms with van der Waals surface area (Å²) in [5.41, 5.74) is 0.0951. The van der Waals surface area contributed by atoms with Crippen molar-refractivity contribution in [3.8, 4) is 0 Å². The molecule has 0 aliphatic carbocycles. The van der Waals surface area contributed by atoms with E-state index in [1.54, 1.807) is 13.1 Å². The van der Waals surface area contributed by atoms with Crippen molar-refractivity contribution in [1.82, 2.24) is 10.3 Å². The number of aryl methyl sites for hydroxylation is 2. The molecule has 0 saturated carbocycles. The van der Waals surface area contributed by atoms with E-state index >= 15 is 0 Å². The average molecular weight is 295 g/mol. The topological polar surface area (TPSA) is 104 Å². The first kappa shape index (κ1) is 14.1. The highest BCUT2D eigenvalue weighted by Crippen LogP contribution is 2.17. The largest absolute Gasteiger partial charge is 0.478 e. The van der Waals surface area contributed by atoms with Crippen molar-refractivity contribution in [3.05, 3.63) is 34.2 Å². The summed E-state index contributed by atoms with van der Waals surface area (Å²) in [5, 5.41) is 14.5. The number of aromatic nitrogens is 1. The number of amides is 2. The number of carbonyl (C=O) groups is 2. The number of rotatable bonds is 4. The molecule has 2 amide bonds. The van der Waals surface area contributed by atoms with Crippen LogP contribution in [0.2, 0.25) is 0 Å². The Morgan fingerprint density at radius 1 is 1.45 bits per heavy atom. The van der Waals surface area contributed by atoms with Gasteiger partial charge in [-0.15, -0.1) is 11.3 Å². The number of hydrogen-bond donors (Lipinski definition) is 3. The van der Waals surface area contributed by atoms with Crippen molar-refractivity contribution in [2.45, 2.75) is 20.4 Å². The molecule has 0 bridgehead atoms. The Balaban J connectivity index is 1.90. The van der Waals surface area contributed by atoms with Gasteiger partial charge in [0.05, 0.1) is 6.54 Å². The van der Waals surface area contributed by atoms with E-state index in [-0.39, 0.29) is 12.1 Å². The van der Waals surface area contributed by atoms with Crippen molar-refractivity contribution >= 4 is 28.5 Å². The van der Waals surface area contributed by atoms with Crippen molar-refractivity contribution in [2.75, 3.05) is 5.32 Å². The van der Waals surface area contributed by atoms with Crippen molar-refractivity contribution in [1.29, 1.82) is 0 Å². The average Bonchev–Trinajstić information content (AvgIpc) is 2.93. The number of carbonyl (C=O) groups excluding carboxylic acids is 1. The molecule has 0 spiro atoms. The highest BCUT2D eigenvalue weighted by molar-refractivity contribution is 7.15. The Bertz CT molecular complexity index is 647. The lowest BCUT2D eigenvalue weighted by molar-refractivity contribution is 0.0695. The van der Waals surface area contributed by atoms with E-state index in [2.05, 4.69) is 15.6 Å². The summed E-state index contributed by atoms with van der Waals surface area (Å²) >= 11 is 1.36. The fourth-order valence-electron chi connectivity index (χ4n) is 1.56. The molecule has 7 nitrogen and oxygen atoms in total. The fraction of sp³-hybridized carbons (Fsp3) is 0.250. The maximum Gasteiger partial charge on any atom is 0.339 e. The highest BCUT2D eigenvalue weighted by Gasteiger charge is 2.14. The summed E-state index contributed by atoms with van der Waals surface area (Å²) in [6.07, 6.45) is 1.66. The molecule has 2 aromatic heterocycles. The minimum atomic E-state index is -1.06. The van der Waals surface area contributed by atoms with Crippen LogP contribution in [0.25, 0.3) is 0 Å². The van der Waals surface area contributed by atoms with Gasteiger partial charge in [0.15, 0.2) is 5.13 Å². The lowest BCUT2D eigenvalue weighted by Crippen LogP contribution is -2.27. The van der Waals surface area contributed by atoms with Gasteiger partial charge < -0.3 is 14.8 Å². The maximum atomic E-state index is 11.6. The molecule has 0 aliphatic rings. The molecule has 0 fully saturated rings. The van der Waals surface area contributed by atoms with E-state index in [0.29, 0.717) is 16.7 Å². The Hall–Kier alpha value is -2.35. The molecular formula is C12H13N3O4S. The van der Waals surface area contributed by atoms with E-state index in [1.165, 1.54) is 17.4 Å². The summed E-state index contributed by atoms with van der Waals surface area (Å²) in [6, 6.07) is 0.969. The number of nitrogens with zero attached hydrogens (tertiary/aromatic N) is 1. The first-order chi connectivity index (χ1) is 9.45. The molecule has 2 rings (SSSR count). The SMILES string of the molecule is Cc1cnc(NC(=O)NCc2cc(C(=O)O)c(C)o2)s1. The van der Waals surface area contributed by atoms with Gasteiger partial charge in [-0.25, -0.2) is 14.6 Å². The number of carboxylic acid groups (broad SMARTS) is 1. The van der Waals surface area contributed by atoms with Crippen molar-refractivity contribution in [3.63, 3.8) is 0 Å². The molecular weight excluding hydrogens is 282 g/mol. The number of hydrogen-bond acceptors (Lipinski definition) is 5. The van der Waals surface area contributed by atoms with Crippen LogP contribution in [0.3, 0.4) is 0 Å². The zero-order chi connectivity index (χ0) is 14.7. The predicted octanol–water partition coefficient (Wildman–Crippen LogP) is 2.37. The number of aromatic carboxylic acids is 1. The molecule has 106 valence electrons. The molecule has 0 radical (unpaired) electrons. The van der Waals surface area contributed by atoms with Gasteiger partial charge in [0, 0.05) is 11.1 Å². The van der Waals surface area contributed by atoms with Gasteiger partial charge in [-0.2, -0.15) is 0 Å². The number of urea groups is 1. The fourth-order valence-corrected chi connectivity index (χ4v) is 2.22. The third-order valence-corrected chi connectivity index (χ3v) is 3.29. The second-order valence-corrected chi connectivity index (χ2v) is 5.31. The molecule has 0 aliphatic heterocycles. The number of thiazole rings is 1. The Kier molecular flexibility index (Phi) is 4.04. The third kappa shape index (κ3) is 3.35. The molecule has 3 N–H and O–H groups in total. The van der Waals surface area contributed by atoms with Crippen LogP contribution >= 0.6 is 11.3 Å². The third-order valence-electron chi connectivity index (χ3n) is 2.46. The predicted molar refractivity (Wildman–Crippen MR) is 73.1 cm³/mol. The standard InChI is InChI=1S/C12H13N3O4S/c1-6-4-14-12(20-6)15-11(18)13-5-8-3-9(10(16)17)7(2)19-8/h3-4H,5H2,1-2H3,(H,16,17)(H2,13,14,15,18). The minimum Gasteiger partial charge on any atom is -0.478 e. The Morgan fingerprint density at radius 2 is 2.20 bits per heavy atom. The van der Waals surface area contributed by atoms with Crippen LogP contribution < -0.4 is 10.6 Å². The second-order valence-electron chi connectivity index (χ2n) is 4.07. The second kappa shape index (κ2) is 5.74. The van der Waals surface area contributed by atoms with Gasteiger partial charge in [-0.1, -0.05) is 0 Å². The number of furan rings is 1. The molecule has 8 heteroatoms. The molecule has 20 heavy (non-hydrogen) atoms. The van der Waals surface area contributed by atoms with E-state index in [9.17, 15) is 9.59 Å². The van der Waals surface area contributed by atoms with E-state index in [4.69, 9.17) is 9.52 Å². The van der Waals surface area contributed by atoms with Crippen LogP contribution in [0.4, 0.5) is 9.93 Å². The Labute approximate surface area is 118 Å². The Morgan fingerprint density at radius 3 is 2.75 bits per heavy atom. The quantitative estimate of drug-likeness (QED) is 0.803. The van der Waals surface area contributed by atoms with Crippen molar-refractivity contribution < 1.29 is 19.1 Å². The van der Waals surface area contributed by atoms with E-state index < -0.39 is 12.0 Å². The normalized spacial score (nSPS) is 10.3. The van der Waals surface area contributed by atoms with Crippen LogP contribution in [0, 0.1) is 13.8 Å². The molecule has 2 aromatic rings. The summed E-state index contributed by atoms with van der Waals surface area (Å²) < 4.78 is 5.24. The van der Waals surface area contributed by atoms with Crippen LogP contribution in [0.5, 0.6) is 0 Å². The lowest BCUT2D eigenvalue weighted by Gasteiger charge is -2.02. The van der Waals surface area contributed by atoms with Gasteiger partial charge in [-0.05, 0) is 19.9 Å². The van der Waals surface area contributed by atoms with Gasteiger partial charge in [0.25, 0.3) is 0 Å². The van der Waals surface area contributed by atoms with Crippen LogP contribution in [-0.4, -0.2) is 22.1 Å². The van der Waals surface area contributed by atoms with E-state index in [1.807, 2.05) is 6.92 Å². The molecule has 2 heterocycles. The highest BCUT2D eigenvalue weighted by atomic mass is 32.1. The monoisotopic (exact) mass is 295 g/mol.